The van der Waals surface area contributed by atoms with Crippen LogP contribution in [0.2, 0.25) is 0 Å². The van der Waals surface area contributed by atoms with Gasteiger partial charge < -0.3 is 11.1 Å². The van der Waals surface area contributed by atoms with Crippen molar-refractivity contribution in [3.63, 3.8) is 0 Å². The van der Waals surface area contributed by atoms with E-state index in [4.69, 9.17) is 5.73 Å². The Bertz CT molecular complexity index is 805. The van der Waals surface area contributed by atoms with E-state index in [-0.39, 0.29) is 11.9 Å². The van der Waals surface area contributed by atoms with E-state index in [9.17, 15) is 4.79 Å². The van der Waals surface area contributed by atoms with Crippen LogP contribution in [0.4, 0.5) is 11.4 Å². The topological polar surface area (TPSA) is 85.8 Å². The lowest BCUT2D eigenvalue weighted by atomic mass is 10.2. The molecule has 3 N–H and O–H groups in total. The molecule has 0 aliphatic rings. The van der Waals surface area contributed by atoms with Gasteiger partial charge in [-0.05, 0) is 26.0 Å². The maximum Gasteiger partial charge on any atom is 0.268 e. The van der Waals surface area contributed by atoms with E-state index in [1.54, 1.807) is 29.3 Å². The van der Waals surface area contributed by atoms with Crippen LogP contribution in [0.3, 0.4) is 0 Å². The van der Waals surface area contributed by atoms with E-state index in [0.717, 1.165) is 10.2 Å². The van der Waals surface area contributed by atoms with Crippen LogP contribution >= 0.6 is 11.3 Å². The Morgan fingerprint density at radius 3 is 2.95 bits per heavy atom. The average molecular weight is 301 g/mol. The number of nitrogen functional groups attached to an aromatic ring is 1. The molecule has 6 nitrogen and oxygen atoms in total. The molecule has 0 atom stereocenters. The highest BCUT2D eigenvalue weighted by atomic mass is 32.1. The molecule has 21 heavy (non-hydrogen) atoms. The predicted molar refractivity (Wildman–Crippen MR) is 84.6 cm³/mol. The maximum atomic E-state index is 12.3. The van der Waals surface area contributed by atoms with E-state index < -0.39 is 0 Å². The van der Waals surface area contributed by atoms with Gasteiger partial charge in [-0.3, -0.25) is 9.48 Å². The minimum Gasteiger partial charge on any atom is -0.397 e. The zero-order chi connectivity index (χ0) is 15.0. The molecule has 1 amide bonds. The van der Waals surface area contributed by atoms with Crippen LogP contribution in [0.1, 0.15) is 29.6 Å². The quantitative estimate of drug-likeness (QED) is 0.779. The Morgan fingerprint density at radius 2 is 2.29 bits per heavy atom. The fourth-order valence-electron chi connectivity index (χ4n) is 1.99. The first-order chi connectivity index (χ1) is 10.1. The van der Waals surface area contributed by atoms with Gasteiger partial charge in [-0.2, -0.15) is 5.10 Å². The molecule has 0 saturated heterocycles. The Hall–Kier alpha value is -2.41. The zero-order valence-electron chi connectivity index (χ0n) is 11.7. The predicted octanol–water partition coefficient (Wildman–Crippen LogP) is 2.91. The minimum atomic E-state index is -0.237. The Kier molecular flexibility index (Phi) is 3.34. The summed E-state index contributed by atoms with van der Waals surface area (Å²) in [7, 11) is 0. The maximum absolute atomic E-state index is 12.3. The van der Waals surface area contributed by atoms with E-state index in [2.05, 4.69) is 15.4 Å². The second kappa shape index (κ2) is 5.17. The molecule has 3 rings (SSSR count). The van der Waals surface area contributed by atoms with Gasteiger partial charge in [0.15, 0.2) is 0 Å². The fourth-order valence-corrected chi connectivity index (χ4v) is 2.95. The number of hydrogen-bond donors (Lipinski definition) is 2. The van der Waals surface area contributed by atoms with Gasteiger partial charge in [-0.1, -0.05) is 0 Å². The van der Waals surface area contributed by atoms with Gasteiger partial charge in [0.2, 0.25) is 0 Å². The molecule has 0 unspecified atom stereocenters. The molecule has 0 aliphatic carbocycles. The molecule has 0 aromatic carbocycles. The molecule has 0 spiro atoms. The van der Waals surface area contributed by atoms with Crippen molar-refractivity contribution in [1.29, 1.82) is 0 Å². The highest BCUT2D eigenvalue weighted by molar-refractivity contribution is 7.21. The summed E-state index contributed by atoms with van der Waals surface area (Å²) in [6.45, 7) is 4.04. The van der Waals surface area contributed by atoms with Crippen LogP contribution in [0.25, 0.3) is 10.2 Å². The number of amides is 1. The molecule has 3 aromatic rings. The van der Waals surface area contributed by atoms with Crippen molar-refractivity contribution in [2.45, 2.75) is 19.9 Å². The number of pyridine rings is 1. The van der Waals surface area contributed by atoms with Crippen molar-refractivity contribution in [3.05, 3.63) is 35.6 Å². The van der Waals surface area contributed by atoms with Gasteiger partial charge in [0, 0.05) is 23.8 Å². The molecule has 0 aliphatic heterocycles. The first-order valence-electron chi connectivity index (χ1n) is 6.54. The van der Waals surface area contributed by atoms with Gasteiger partial charge in [0.05, 0.1) is 17.6 Å². The van der Waals surface area contributed by atoms with E-state index in [1.807, 2.05) is 19.9 Å². The smallest absolute Gasteiger partial charge is 0.268 e. The number of thiophene rings is 1. The number of nitrogens with two attached hydrogens (primary N) is 1. The van der Waals surface area contributed by atoms with E-state index >= 15 is 0 Å². The van der Waals surface area contributed by atoms with Gasteiger partial charge in [0.1, 0.15) is 9.71 Å². The Labute approximate surface area is 125 Å². The number of carbonyl (C=O) groups excluding carboxylic acids is 1. The largest absolute Gasteiger partial charge is 0.397 e. The highest BCUT2D eigenvalue weighted by Crippen LogP contribution is 2.32. The van der Waals surface area contributed by atoms with Crippen LogP contribution in [-0.4, -0.2) is 20.7 Å². The van der Waals surface area contributed by atoms with Crippen molar-refractivity contribution in [1.82, 2.24) is 14.8 Å². The third-order valence-corrected chi connectivity index (χ3v) is 4.23. The lowest BCUT2D eigenvalue weighted by Gasteiger charge is -2.03. The summed E-state index contributed by atoms with van der Waals surface area (Å²) in [6, 6.07) is 3.91. The number of nitrogens with one attached hydrogen (secondary N) is 1. The van der Waals surface area contributed by atoms with Crippen LogP contribution in [0.5, 0.6) is 0 Å². The number of fused-ring (bicyclic) bond motifs is 1. The van der Waals surface area contributed by atoms with Crippen LogP contribution < -0.4 is 11.1 Å². The van der Waals surface area contributed by atoms with E-state index in [0.29, 0.717) is 16.3 Å². The molecule has 3 heterocycles. The molecule has 0 radical (unpaired) electrons. The number of aromatic nitrogens is 3. The normalized spacial score (nSPS) is 11.2. The molecule has 0 bridgehead atoms. The number of rotatable bonds is 3. The highest BCUT2D eigenvalue weighted by Gasteiger charge is 2.17. The van der Waals surface area contributed by atoms with Crippen molar-refractivity contribution in [2.75, 3.05) is 11.1 Å². The number of nitrogens with zero attached hydrogens (tertiary/aromatic N) is 3. The number of carbonyl (C=O) groups is 1. The standard InChI is InChI=1S/C14H15N5OS/c1-8(2)19-7-9(6-17-19)18-13(20)12-11(15)10-4-3-5-16-14(10)21-12/h3-8H,15H2,1-2H3,(H,18,20). The minimum absolute atomic E-state index is 0.237. The molecule has 0 saturated carbocycles. The summed E-state index contributed by atoms with van der Waals surface area (Å²) >= 11 is 1.29. The summed E-state index contributed by atoms with van der Waals surface area (Å²) in [4.78, 5) is 17.8. The Balaban J connectivity index is 1.88. The summed E-state index contributed by atoms with van der Waals surface area (Å²) in [5.41, 5.74) is 7.16. The van der Waals surface area contributed by atoms with Crippen molar-refractivity contribution in [3.8, 4) is 0 Å². The molecular formula is C14H15N5OS. The SMILES string of the molecule is CC(C)n1cc(NC(=O)c2sc3ncccc3c2N)cn1. The molecule has 7 heteroatoms. The van der Waals surface area contributed by atoms with Crippen LogP contribution in [0.15, 0.2) is 30.7 Å². The van der Waals surface area contributed by atoms with Crippen molar-refractivity contribution >= 4 is 38.8 Å². The van der Waals surface area contributed by atoms with Crippen molar-refractivity contribution in [2.24, 2.45) is 0 Å². The lowest BCUT2D eigenvalue weighted by molar-refractivity contribution is 0.103. The molecule has 108 valence electrons. The summed E-state index contributed by atoms with van der Waals surface area (Å²) in [5, 5.41) is 7.82. The monoisotopic (exact) mass is 301 g/mol. The van der Waals surface area contributed by atoms with Crippen molar-refractivity contribution < 1.29 is 4.79 Å². The van der Waals surface area contributed by atoms with Gasteiger partial charge >= 0.3 is 0 Å². The average Bonchev–Trinajstić information content (AvgIpc) is 3.05. The second-order valence-corrected chi connectivity index (χ2v) is 5.96. The molecule has 3 aromatic heterocycles. The third kappa shape index (κ3) is 2.47. The van der Waals surface area contributed by atoms with Gasteiger partial charge in [0.25, 0.3) is 5.91 Å². The zero-order valence-corrected chi connectivity index (χ0v) is 12.5. The molecule has 0 fully saturated rings. The fraction of sp³-hybridized carbons (Fsp3) is 0.214. The van der Waals surface area contributed by atoms with Crippen LogP contribution in [-0.2, 0) is 0 Å². The number of hydrogen-bond acceptors (Lipinski definition) is 5. The summed E-state index contributed by atoms with van der Waals surface area (Å²) in [6.07, 6.45) is 5.11. The molecular weight excluding hydrogens is 286 g/mol. The Morgan fingerprint density at radius 1 is 1.48 bits per heavy atom. The van der Waals surface area contributed by atoms with Gasteiger partial charge in [-0.25, -0.2) is 4.98 Å². The van der Waals surface area contributed by atoms with Gasteiger partial charge in [-0.15, -0.1) is 11.3 Å². The first kappa shape index (κ1) is 13.6. The van der Waals surface area contributed by atoms with Crippen LogP contribution in [0, 0.1) is 0 Å². The second-order valence-electron chi connectivity index (χ2n) is 4.96. The first-order valence-corrected chi connectivity index (χ1v) is 7.36. The third-order valence-electron chi connectivity index (χ3n) is 3.10. The number of anilines is 2. The summed E-state index contributed by atoms with van der Waals surface area (Å²) < 4.78 is 1.78. The van der Waals surface area contributed by atoms with E-state index in [1.165, 1.54) is 11.3 Å². The lowest BCUT2D eigenvalue weighted by Crippen LogP contribution is -2.11. The summed E-state index contributed by atoms with van der Waals surface area (Å²) in [5.74, 6) is -0.237.